The van der Waals surface area contributed by atoms with Crippen molar-refractivity contribution >= 4 is 16.7 Å². The molecule has 0 aliphatic carbocycles. The van der Waals surface area contributed by atoms with E-state index in [1.54, 1.807) is 0 Å². The average molecular weight is 404 g/mol. The lowest BCUT2D eigenvalue weighted by atomic mass is 10.1. The van der Waals surface area contributed by atoms with Crippen molar-refractivity contribution in [1.29, 1.82) is 0 Å². The molecule has 0 saturated carbocycles. The fourth-order valence-corrected chi connectivity index (χ4v) is 3.95. The van der Waals surface area contributed by atoms with Crippen LogP contribution in [0.3, 0.4) is 0 Å². The van der Waals surface area contributed by atoms with Crippen LogP contribution in [0.5, 0.6) is 17.2 Å². The van der Waals surface area contributed by atoms with E-state index in [9.17, 15) is 4.79 Å². The summed E-state index contributed by atoms with van der Waals surface area (Å²) in [4.78, 5) is 16.8. The molecule has 3 aromatic rings. The first-order chi connectivity index (χ1) is 14.7. The van der Waals surface area contributed by atoms with E-state index in [-0.39, 0.29) is 12.5 Å². The minimum atomic E-state index is 0.0332. The smallest absolute Gasteiger partial charge is 0.260 e. The molecular weight excluding hydrogens is 380 g/mol. The number of hydrogen-bond donors (Lipinski definition) is 0. The predicted octanol–water partition coefficient (Wildman–Crippen LogP) is 3.29. The predicted molar refractivity (Wildman–Crippen MR) is 114 cm³/mol. The molecule has 3 aromatic carbocycles. The van der Waals surface area contributed by atoms with E-state index >= 15 is 0 Å². The molecule has 0 aromatic heterocycles. The summed E-state index contributed by atoms with van der Waals surface area (Å²) in [6, 6.07) is 20.1. The van der Waals surface area contributed by atoms with Crippen molar-refractivity contribution in [3.63, 3.8) is 0 Å². The monoisotopic (exact) mass is 404 g/mol. The number of ether oxygens (including phenoxy) is 3. The van der Waals surface area contributed by atoms with Gasteiger partial charge in [0.15, 0.2) is 18.1 Å². The van der Waals surface area contributed by atoms with E-state index in [4.69, 9.17) is 14.2 Å². The van der Waals surface area contributed by atoms with Crippen LogP contribution in [0, 0.1) is 0 Å². The average Bonchev–Trinajstić information content (AvgIpc) is 3.26. The van der Waals surface area contributed by atoms with Crippen LogP contribution in [-0.4, -0.2) is 55.3 Å². The quantitative estimate of drug-likeness (QED) is 0.653. The van der Waals surface area contributed by atoms with Crippen LogP contribution in [0.4, 0.5) is 0 Å². The number of hydrogen-bond acceptors (Lipinski definition) is 5. The summed E-state index contributed by atoms with van der Waals surface area (Å²) in [5, 5.41) is 2.27. The molecule has 0 N–H and O–H groups in total. The molecule has 0 unspecified atom stereocenters. The van der Waals surface area contributed by atoms with Crippen LogP contribution in [0.2, 0.25) is 0 Å². The molecule has 0 atom stereocenters. The van der Waals surface area contributed by atoms with Gasteiger partial charge in [0.1, 0.15) is 5.75 Å². The Morgan fingerprint density at radius 3 is 2.53 bits per heavy atom. The molecule has 30 heavy (non-hydrogen) atoms. The van der Waals surface area contributed by atoms with Crippen molar-refractivity contribution in [3.05, 3.63) is 66.2 Å². The Labute approximate surface area is 175 Å². The number of piperazine rings is 1. The van der Waals surface area contributed by atoms with Crippen LogP contribution in [0.25, 0.3) is 10.8 Å². The fourth-order valence-electron chi connectivity index (χ4n) is 3.95. The summed E-state index contributed by atoms with van der Waals surface area (Å²) in [6.07, 6.45) is 0. The molecule has 0 bridgehead atoms. The van der Waals surface area contributed by atoms with Gasteiger partial charge in [-0.3, -0.25) is 9.69 Å². The van der Waals surface area contributed by atoms with E-state index in [0.717, 1.165) is 47.7 Å². The Hall–Kier alpha value is -3.25. The summed E-state index contributed by atoms with van der Waals surface area (Å²) < 4.78 is 16.6. The van der Waals surface area contributed by atoms with Gasteiger partial charge in [0.05, 0.1) is 0 Å². The van der Waals surface area contributed by atoms with Gasteiger partial charge in [-0.25, -0.2) is 0 Å². The van der Waals surface area contributed by atoms with Crippen molar-refractivity contribution in [2.24, 2.45) is 0 Å². The lowest BCUT2D eigenvalue weighted by Crippen LogP contribution is -2.49. The first-order valence-electron chi connectivity index (χ1n) is 10.2. The maximum absolute atomic E-state index is 12.6. The minimum absolute atomic E-state index is 0.0332. The summed E-state index contributed by atoms with van der Waals surface area (Å²) in [6.45, 7) is 4.31. The van der Waals surface area contributed by atoms with Crippen LogP contribution in [-0.2, 0) is 11.3 Å². The molecule has 6 heteroatoms. The van der Waals surface area contributed by atoms with Gasteiger partial charge in [-0.2, -0.15) is 0 Å². The Morgan fingerprint density at radius 2 is 1.67 bits per heavy atom. The van der Waals surface area contributed by atoms with Crippen LogP contribution in [0.1, 0.15) is 5.56 Å². The van der Waals surface area contributed by atoms with Gasteiger partial charge in [0.2, 0.25) is 6.79 Å². The maximum Gasteiger partial charge on any atom is 0.260 e. The molecule has 6 nitrogen and oxygen atoms in total. The summed E-state index contributed by atoms with van der Waals surface area (Å²) in [5.41, 5.74) is 1.19. The van der Waals surface area contributed by atoms with Crippen molar-refractivity contribution in [2.75, 3.05) is 39.6 Å². The second-order valence-electron chi connectivity index (χ2n) is 7.64. The van der Waals surface area contributed by atoms with Crippen LogP contribution < -0.4 is 14.2 Å². The van der Waals surface area contributed by atoms with Gasteiger partial charge < -0.3 is 19.1 Å². The highest BCUT2D eigenvalue weighted by molar-refractivity contribution is 5.84. The number of amides is 1. The molecule has 2 aliphatic heterocycles. The first kappa shape index (κ1) is 18.8. The van der Waals surface area contributed by atoms with E-state index in [1.165, 1.54) is 5.56 Å². The largest absolute Gasteiger partial charge is 0.484 e. The van der Waals surface area contributed by atoms with Crippen molar-refractivity contribution in [1.82, 2.24) is 9.80 Å². The van der Waals surface area contributed by atoms with E-state index in [1.807, 2.05) is 53.4 Å². The molecule has 154 valence electrons. The number of rotatable bonds is 5. The maximum atomic E-state index is 12.6. The number of carbonyl (C=O) groups excluding carboxylic acids is 1. The number of carbonyl (C=O) groups is 1. The molecule has 2 heterocycles. The van der Waals surface area contributed by atoms with Crippen molar-refractivity contribution < 1.29 is 19.0 Å². The molecule has 0 radical (unpaired) electrons. The van der Waals surface area contributed by atoms with Crippen molar-refractivity contribution in [3.8, 4) is 17.2 Å². The summed E-state index contributed by atoms with van der Waals surface area (Å²) in [5.74, 6) is 2.38. The molecular formula is C24H24N2O4. The van der Waals surface area contributed by atoms with Crippen LogP contribution >= 0.6 is 0 Å². The topological polar surface area (TPSA) is 51.2 Å². The molecule has 0 spiro atoms. The molecule has 5 rings (SSSR count). The lowest BCUT2D eigenvalue weighted by Gasteiger charge is -2.34. The van der Waals surface area contributed by atoms with Gasteiger partial charge in [0.25, 0.3) is 5.91 Å². The fraction of sp³-hybridized carbons (Fsp3) is 0.292. The Balaban J connectivity index is 1.11. The van der Waals surface area contributed by atoms with Gasteiger partial charge in [-0.1, -0.05) is 36.4 Å². The second kappa shape index (κ2) is 8.24. The molecule has 1 amide bonds. The second-order valence-corrected chi connectivity index (χ2v) is 7.64. The standard InChI is InChI=1S/C24H24N2O4/c27-24(16-28-21-7-6-19-3-1-2-4-20(19)14-21)26-11-9-25(10-12-26)15-18-5-8-22-23(13-18)30-17-29-22/h1-8,13-14H,9-12,15-17H2. The van der Waals surface area contributed by atoms with E-state index in [0.29, 0.717) is 19.9 Å². The normalized spacial score (nSPS) is 16.1. The van der Waals surface area contributed by atoms with Gasteiger partial charge in [-0.05, 0) is 40.6 Å². The summed E-state index contributed by atoms with van der Waals surface area (Å²) in [7, 11) is 0. The zero-order valence-corrected chi connectivity index (χ0v) is 16.8. The zero-order valence-electron chi connectivity index (χ0n) is 16.8. The number of fused-ring (bicyclic) bond motifs is 2. The Bertz CT molecular complexity index is 1060. The third kappa shape index (κ3) is 4.04. The van der Waals surface area contributed by atoms with Gasteiger partial charge in [-0.15, -0.1) is 0 Å². The summed E-state index contributed by atoms with van der Waals surface area (Å²) >= 11 is 0. The third-order valence-electron chi connectivity index (χ3n) is 5.65. The third-order valence-corrected chi connectivity index (χ3v) is 5.65. The van der Waals surface area contributed by atoms with Crippen molar-refractivity contribution in [2.45, 2.75) is 6.54 Å². The molecule has 1 fully saturated rings. The van der Waals surface area contributed by atoms with E-state index in [2.05, 4.69) is 17.0 Å². The molecule has 1 saturated heterocycles. The van der Waals surface area contributed by atoms with Gasteiger partial charge in [0, 0.05) is 32.7 Å². The lowest BCUT2D eigenvalue weighted by molar-refractivity contribution is -0.135. The number of benzene rings is 3. The Morgan fingerprint density at radius 1 is 0.867 bits per heavy atom. The highest BCUT2D eigenvalue weighted by atomic mass is 16.7. The highest BCUT2D eigenvalue weighted by Gasteiger charge is 2.22. The highest BCUT2D eigenvalue weighted by Crippen LogP contribution is 2.32. The molecule has 2 aliphatic rings. The van der Waals surface area contributed by atoms with Gasteiger partial charge >= 0.3 is 0 Å². The van der Waals surface area contributed by atoms with E-state index < -0.39 is 0 Å². The first-order valence-corrected chi connectivity index (χ1v) is 10.2. The zero-order chi connectivity index (χ0) is 20.3. The van der Waals surface area contributed by atoms with Crippen LogP contribution in [0.15, 0.2) is 60.7 Å². The SMILES string of the molecule is O=C(COc1ccc2ccccc2c1)N1CCN(Cc2ccc3c(c2)OCO3)CC1. The minimum Gasteiger partial charge on any atom is -0.484 e. The number of nitrogens with zero attached hydrogens (tertiary/aromatic N) is 2. The Kier molecular flexibility index (Phi) is 5.15.